The van der Waals surface area contributed by atoms with Crippen LogP contribution in [0.5, 0.6) is 11.5 Å². The van der Waals surface area contributed by atoms with Crippen molar-refractivity contribution in [1.82, 2.24) is 0 Å². The largest absolute Gasteiger partial charge is 0.496 e. The van der Waals surface area contributed by atoms with Crippen molar-refractivity contribution in [2.75, 3.05) is 29.9 Å². The van der Waals surface area contributed by atoms with Crippen molar-refractivity contribution >= 4 is 27.3 Å². The standard InChI is InChI=1S/C22H26N2O5S/c1-6-11-24-18-9-7-16(13-20(18)29-14-22(3,4)21(24)25)23-30(26,27)17-8-10-19(28-5)15(2)12-17/h6-10,12-13,23H,1,11,14H2,2-5H3. The average Bonchev–Trinajstić information content (AvgIpc) is 2.78. The van der Waals surface area contributed by atoms with E-state index in [-0.39, 0.29) is 17.4 Å². The molecule has 7 nitrogen and oxygen atoms in total. The summed E-state index contributed by atoms with van der Waals surface area (Å²) in [5.74, 6) is 0.965. The zero-order valence-corrected chi connectivity index (χ0v) is 18.4. The summed E-state index contributed by atoms with van der Waals surface area (Å²) in [6, 6.07) is 9.53. The van der Waals surface area contributed by atoms with Crippen LogP contribution in [0.3, 0.4) is 0 Å². The lowest BCUT2D eigenvalue weighted by Gasteiger charge is -2.27. The number of amides is 1. The fourth-order valence-electron chi connectivity index (χ4n) is 3.25. The van der Waals surface area contributed by atoms with Crippen LogP contribution >= 0.6 is 0 Å². The summed E-state index contributed by atoms with van der Waals surface area (Å²) >= 11 is 0. The molecule has 0 aromatic heterocycles. The van der Waals surface area contributed by atoms with Gasteiger partial charge in [0.25, 0.3) is 10.0 Å². The predicted octanol–water partition coefficient (Wildman–Crippen LogP) is 3.74. The Morgan fingerprint density at radius 2 is 2.00 bits per heavy atom. The molecule has 30 heavy (non-hydrogen) atoms. The van der Waals surface area contributed by atoms with Gasteiger partial charge in [-0.3, -0.25) is 9.52 Å². The maximum atomic E-state index is 12.9. The van der Waals surface area contributed by atoms with E-state index in [1.165, 1.54) is 13.2 Å². The van der Waals surface area contributed by atoms with Gasteiger partial charge in [-0.2, -0.15) is 0 Å². The number of hydrogen-bond acceptors (Lipinski definition) is 5. The molecular formula is C22H26N2O5S. The Morgan fingerprint density at radius 1 is 1.27 bits per heavy atom. The summed E-state index contributed by atoms with van der Waals surface area (Å²) in [4.78, 5) is 14.6. The third kappa shape index (κ3) is 4.14. The molecule has 0 unspecified atom stereocenters. The number of fused-ring (bicyclic) bond motifs is 1. The van der Waals surface area contributed by atoms with Crippen LogP contribution in [0.1, 0.15) is 19.4 Å². The Bertz CT molecular complexity index is 1090. The number of rotatable bonds is 6. The molecule has 0 radical (unpaired) electrons. The molecule has 2 aromatic carbocycles. The lowest BCUT2D eigenvalue weighted by Crippen LogP contribution is -2.42. The minimum atomic E-state index is -3.81. The van der Waals surface area contributed by atoms with Gasteiger partial charge in [0.2, 0.25) is 5.91 Å². The fourth-order valence-corrected chi connectivity index (χ4v) is 4.39. The van der Waals surface area contributed by atoms with Crippen LogP contribution in [0.4, 0.5) is 11.4 Å². The molecule has 0 saturated carbocycles. The van der Waals surface area contributed by atoms with Crippen LogP contribution in [-0.4, -0.2) is 34.6 Å². The van der Waals surface area contributed by atoms with Gasteiger partial charge in [0.15, 0.2) is 0 Å². The third-order valence-electron chi connectivity index (χ3n) is 4.90. The first-order chi connectivity index (χ1) is 14.1. The first-order valence-electron chi connectivity index (χ1n) is 9.46. The van der Waals surface area contributed by atoms with E-state index in [0.29, 0.717) is 35.0 Å². The number of carbonyl (C=O) groups is 1. The fraction of sp³-hybridized carbons (Fsp3) is 0.318. The van der Waals surface area contributed by atoms with Crippen molar-refractivity contribution in [2.45, 2.75) is 25.7 Å². The molecule has 1 aliphatic heterocycles. The van der Waals surface area contributed by atoms with E-state index in [2.05, 4.69) is 11.3 Å². The topological polar surface area (TPSA) is 84.9 Å². The molecular weight excluding hydrogens is 404 g/mol. The second-order valence-electron chi connectivity index (χ2n) is 7.80. The first kappa shape index (κ1) is 21.7. The molecule has 0 bridgehead atoms. The molecule has 3 rings (SSSR count). The normalized spacial score (nSPS) is 15.6. The average molecular weight is 431 g/mol. The van der Waals surface area contributed by atoms with Gasteiger partial charge in [0.05, 0.1) is 28.8 Å². The summed E-state index contributed by atoms with van der Waals surface area (Å²) in [6.45, 7) is 9.64. The summed E-state index contributed by atoms with van der Waals surface area (Å²) in [5, 5.41) is 0. The molecule has 1 amide bonds. The van der Waals surface area contributed by atoms with Crippen LogP contribution in [0.25, 0.3) is 0 Å². The van der Waals surface area contributed by atoms with Crippen LogP contribution in [0.2, 0.25) is 0 Å². The highest BCUT2D eigenvalue weighted by atomic mass is 32.2. The van der Waals surface area contributed by atoms with Gasteiger partial charge in [-0.05, 0) is 56.7 Å². The highest BCUT2D eigenvalue weighted by molar-refractivity contribution is 7.92. The summed E-state index contributed by atoms with van der Waals surface area (Å²) in [6.07, 6.45) is 1.64. The van der Waals surface area contributed by atoms with Crippen molar-refractivity contribution < 1.29 is 22.7 Å². The highest BCUT2D eigenvalue weighted by Gasteiger charge is 2.37. The monoisotopic (exact) mass is 430 g/mol. The van der Waals surface area contributed by atoms with Crippen molar-refractivity contribution in [3.05, 3.63) is 54.6 Å². The molecule has 8 heteroatoms. The van der Waals surface area contributed by atoms with Gasteiger partial charge >= 0.3 is 0 Å². The Balaban J connectivity index is 1.94. The van der Waals surface area contributed by atoms with Gasteiger partial charge in [0, 0.05) is 12.6 Å². The number of carbonyl (C=O) groups excluding carboxylic acids is 1. The number of ether oxygens (including phenoxy) is 2. The number of hydrogen-bond donors (Lipinski definition) is 1. The lowest BCUT2D eigenvalue weighted by atomic mass is 9.93. The van der Waals surface area contributed by atoms with E-state index in [1.54, 1.807) is 48.2 Å². The van der Waals surface area contributed by atoms with E-state index in [1.807, 2.05) is 13.8 Å². The number of aryl methyl sites for hydroxylation is 1. The number of nitrogens with zero attached hydrogens (tertiary/aromatic N) is 1. The number of anilines is 2. The van der Waals surface area contributed by atoms with Crippen LogP contribution in [-0.2, 0) is 14.8 Å². The molecule has 1 aliphatic rings. The van der Waals surface area contributed by atoms with E-state index in [9.17, 15) is 13.2 Å². The maximum Gasteiger partial charge on any atom is 0.261 e. The zero-order chi connectivity index (χ0) is 22.1. The molecule has 0 aliphatic carbocycles. The Kier molecular flexibility index (Phi) is 5.81. The molecule has 0 fully saturated rings. The number of sulfonamides is 1. The van der Waals surface area contributed by atoms with Crippen molar-refractivity contribution in [3.8, 4) is 11.5 Å². The highest BCUT2D eigenvalue weighted by Crippen LogP contribution is 2.38. The van der Waals surface area contributed by atoms with E-state index in [4.69, 9.17) is 9.47 Å². The molecule has 0 spiro atoms. The van der Waals surface area contributed by atoms with E-state index >= 15 is 0 Å². The molecule has 0 saturated heterocycles. The van der Waals surface area contributed by atoms with Gasteiger partial charge in [-0.1, -0.05) is 6.08 Å². The Morgan fingerprint density at radius 3 is 2.63 bits per heavy atom. The minimum Gasteiger partial charge on any atom is -0.496 e. The second-order valence-corrected chi connectivity index (χ2v) is 9.48. The second kappa shape index (κ2) is 8.02. The van der Waals surface area contributed by atoms with Crippen LogP contribution < -0.4 is 19.1 Å². The van der Waals surface area contributed by atoms with Crippen LogP contribution in [0, 0.1) is 12.3 Å². The van der Waals surface area contributed by atoms with Crippen molar-refractivity contribution in [1.29, 1.82) is 0 Å². The van der Waals surface area contributed by atoms with Gasteiger partial charge in [0.1, 0.15) is 18.1 Å². The number of methoxy groups -OCH3 is 1. The van der Waals surface area contributed by atoms with Gasteiger partial charge < -0.3 is 14.4 Å². The first-order valence-corrected chi connectivity index (χ1v) is 10.9. The zero-order valence-electron chi connectivity index (χ0n) is 17.6. The van der Waals surface area contributed by atoms with Crippen molar-refractivity contribution in [3.63, 3.8) is 0 Å². The quantitative estimate of drug-likeness (QED) is 0.706. The summed E-state index contributed by atoms with van der Waals surface area (Å²) in [7, 11) is -2.28. The van der Waals surface area contributed by atoms with Gasteiger partial charge in [-0.25, -0.2) is 8.42 Å². The van der Waals surface area contributed by atoms with E-state index in [0.717, 1.165) is 0 Å². The number of benzene rings is 2. The van der Waals surface area contributed by atoms with Crippen molar-refractivity contribution in [2.24, 2.45) is 5.41 Å². The van der Waals surface area contributed by atoms with Gasteiger partial charge in [-0.15, -0.1) is 6.58 Å². The molecule has 1 N–H and O–H groups in total. The molecule has 2 aromatic rings. The molecule has 160 valence electrons. The van der Waals surface area contributed by atoms with E-state index < -0.39 is 15.4 Å². The number of nitrogens with one attached hydrogen (secondary N) is 1. The molecule has 0 atom stereocenters. The van der Waals surface area contributed by atoms with Crippen LogP contribution in [0.15, 0.2) is 53.9 Å². The Hall–Kier alpha value is -3.00. The summed E-state index contributed by atoms with van der Waals surface area (Å²) < 4.78 is 39.3. The minimum absolute atomic E-state index is 0.0804. The maximum absolute atomic E-state index is 12.9. The Labute approximate surface area is 177 Å². The predicted molar refractivity (Wildman–Crippen MR) is 117 cm³/mol. The third-order valence-corrected chi connectivity index (χ3v) is 6.28. The SMILES string of the molecule is C=CCN1C(=O)C(C)(C)COc2cc(NS(=O)(=O)c3ccc(OC)c(C)c3)ccc21. The lowest BCUT2D eigenvalue weighted by molar-refractivity contribution is -0.127. The molecule has 1 heterocycles. The smallest absolute Gasteiger partial charge is 0.261 e. The summed E-state index contributed by atoms with van der Waals surface area (Å²) in [5.41, 5.74) is 0.913.